The zero-order valence-electron chi connectivity index (χ0n) is 26.0. The Kier molecular flexibility index (Phi) is 13.7. The monoisotopic (exact) mass is 613 g/mol. The standard InChI is InChI=1S/C31H46F3NO6Si/c1-9-38-42(39-10-2,40-11-3)22-28(36)37-21-27(24-15-13-12-14-16-24)41-35(30(6,7)8)29(23(4)5)25-17-19-26(20-18-25)31(32,33)34/h12-20,23,27,29H,9-11,21-22H2,1-8H3. The first-order valence-electron chi connectivity index (χ1n) is 14.4. The lowest BCUT2D eigenvalue weighted by molar-refractivity contribution is -0.282. The quantitative estimate of drug-likeness (QED) is 0.109. The number of carbonyl (C=O) groups excluding carboxylic acids is 1. The molecule has 0 aliphatic carbocycles. The van der Waals surface area contributed by atoms with Crippen LogP contribution in [0.15, 0.2) is 54.6 Å². The number of hydrogen-bond acceptors (Lipinski definition) is 7. The average Bonchev–Trinajstić information content (AvgIpc) is 2.90. The van der Waals surface area contributed by atoms with E-state index in [0.717, 1.165) is 17.7 Å². The molecular formula is C31H46F3NO6Si. The van der Waals surface area contributed by atoms with Gasteiger partial charge < -0.3 is 18.0 Å². The Hall–Kier alpha value is -2.28. The summed E-state index contributed by atoms with van der Waals surface area (Å²) >= 11 is 0. The molecule has 7 nitrogen and oxygen atoms in total. The van der Waals surface area contributed by atoms with Crippen LogP contribution in [-0.4, -0.2) is 51.8 Å². The first-order valence-corrected chi connectivity index (χ1v) is 16.4. The third-order valence-corrected chi connectivity index (χ3v) is 9.29. The highest BCUT2D eigenvalue weighted by molar-refractivity contribution is 6.64. The lowest BCUT2D eigenvalue weighted by Crippen LogP contribution is -2.48. The summed E-state index contributed by atoms with van der Waals surface area (Å²) in [7, 11) is -3.27. The zero-order chi connectivity index (χ0) is 31.6. The predicted octanol–water partition coefficient (Wildman–Crippen LogP) is 7.77. The smallest absolute Gasteiger partial charge is 0.462 e. The van der Waals surface area contributed by atoms with Crippen molar-refractivity contribution < 1.29 is 40.8 Å². The molecule has 236 valence electrons. The molecule has 2 rings (SSSR count). The number of halogens is 3. The van der Waals surface area contributed by atoms with Gasteiger partial charge >= 0.3 is 21.0 Å². The number of rotatable bonds is 16. The molecule has 0 bridgehead atoms. The van der Waals surface area contributed by atoms with Crippen molar-refractivity contribution in [2.45, 2.75) is 85.3 Å². The summed E-state index contributed by atoms with van der Waals surface area (Å²) in [5.74, 6) is -0.567. The van der Waals surface area contributed by atoms with Crippen LogP contribution >= 0.6 is 0 Å². The second kappa shape index (κ2) is 16.0. The van der Waals surface area contributed by atoms with Gasteiger partial charge in [0.15, 0.2) is 0 Å². The highest BCUT2D eigenvalue weighted by Crippen LogP contribution is 2.38. The van der Waals surface area contributed by atoms with E-state index in [2.05, 4.69) is 0 Å². The lowest BCUT2D eigenvalue weighted by atomic mass is 9.91. The van der Waals surface area contributed by atoms with Crippen molar-refractivity contribution in [2.75, 3.05) is 26.4 Å². The van der Waals surface area contributed by atoms with E-state index >= 15 is 0 Å². The molecule has 2 aromatic carbocycles. The fourth-order valence-electron chi connectivity index (χ4n) is 4.63. The van der Waals surface area contributed by atoms with Crippen LogP contribution in [0.25, 0.3) is 0 Å². The summed E-state index contributed by atoms with van der Waals surface area (Å²) in [6.45, 7) is 16.2. The third-order valence-electron chi connectivity index (χ3n) is 6.39. The van der Waals surface area contributed by atoms with E-state index in [9.17, 15) is 18.0 Å². The fraction of sp³-hybridized carbons (Fsp3) is 0.581. The maximum absolute atomic E-state index is 13.3. The Morgan fingerprint density at radius 1 is 0.833 bits per heavy atom. The lowest BCUT2D eigenvalue weighted by Gasteiger charge is -2.44. The number of nitrogens with zero attached hydrogens (tertiary/aromatic N) is 1. The van der Waals surface area contributed by atoms with Gasteiger partial charge in [-0.3, -0.25) is 9.63 Å². The summed E-state index contributed by atoms with van der Waals surface area (Å²) in [5, 5.41) is 1.80. The number of carbonyl (C=O) groups is 1. The number of hydrogen-bond donors (Lipinski definition) is 0. The van der Waals surface area contributed by atoms with Gasteiger partial charge in [0.05, 0.1) is 11.6 Å². The third kappa shape index (κ3) is 10.5. The molecule has 0 aliphatic heterocycles. The van der Waals surface area contributed by atoms with Gasteiger partial charge in [0.25, 0.3) is 0 Å². The summed E-state index contributed by atoms with van der Waals surface area (Å²) < 4.78 is 63.0. The first-order chi connectivity index (χ1) is 19.7. The normalized spacial score (nSPS) is 14.3. The SMILES string of the molecule is CCO[Si](CC(=O)OCC(ON(C(c1ccc(C(F)(F)F)cc1)C(C)C)C(C)(C)C)c1ccccc1)(OCC)OCC. The molecule has 0 fully saturated rings. The van der Waals surface area contributed by atoms with E-state index in [0.29, 0.717) is 25.4 Å². The summed E-state index contributed by atoms with van der Waals surface area (Å²) in [6.07, 6.45) is -5.13. The molecule has 42 heavy (non-hydrogen) atoms. The maximum Gasteiger partial charge on any atom is 0.512 e. The topological polar surface area (TPSA) is 66.5 Å². The molecular weight excluding hydrogens is 567 g/mol. The van der Waals surface area contributed by atoms with Gasteiger partial charge in [0, 0.05) is 25.4 Å². The minimum atomic E-state index is -4.43. The number of benzene rings is 2. The molecule has 0 N–H and O–H groups in total. The second-order valence-electron chi connectivity index (χ2n) is 11.2. The predicted molar refractivity (Wildman–Crippen MR) is 157 cm³/mol. The van der Waals surface area contributed by atoms with Gasteiger partial charge in [-0.2, -0.15) is 18.2 Å². The van der Waals surface area contributed by atoms with Crippen LogP contribution in [0.2, 0.25) is 6.04 Å². The van der Waals surface area contributed by atoms with Crippen molar-refractivity contribution >= 4 is 14.8 Å². The van der Waals surface area contributed by atoms with Crippen LogP contribution < -0.4 is 0 Å². The molecule has 0 spiro atoms. The number of ether oxygens (including phenoxy) is 1. The summed E-state index contributed by atoms with van der Waals surface area (Å²) in [5.41, 5.74) is 0.169. The van der Waals surface area contributed by atoms with E-state index in [1.54, 1.807) is 5.06 Å². The second-order valence-corrected chi connectivity index (χ2v) is 13.7. The highest BCUT2D eigenvalue weighted by atomic mass is 28.4. The van der Waals surface area contributed by atoms with Gasteiger partial charge in [-0.25, -0.2) is 0 Å². The van der Waals surface area contributed by atoms with E-state index in [-0.39, 0.29) is 18.6 Å². The molecule has 2 atom stereocenters. The van der Waals surface area contributed by atoms with Gasteiger partial charge in [0.2, 0.25) is 0 Å². The van der Waals surface area contributed by atoms with Crippen LogP contribution in [0.1, 0.15) is 84.2 Å². The molecule has 0 radical (unpaired) electrons. The van der Waals surface area contributed by atoms with Crippen molar-refractivity contribution in [1.29, 1.82) is 0 Å². The van der Waals surface area contributed by atoms with Crippen LogP contribution in [0.5, 0.6) is 0 Å². The van der Waals surface area contributed by atoms with Crippen LogP contribution in [0.3, 0.4) is 0 Å². The van der Waals surface area contributed by atoms with Crippen molar-refractivity contribution in [1.82, 2.24) is 5.06 Å². The molecule has 0 amide bonds. The molecule has 2 unspecified atom stereocenters. The van der Waals surface area contributed by atoms with E-state index in [4.69, 9.17) is 22.9 Å². The van der Waals surface area contributed by atoms with Crippen LogP contribution in [0, 0.1) is 5.92 Å². The minimum Gasteiger partial charge on any atom is -0.462 e. The molecule has 2 aromatic rings. The largest absolute Gasteiger partial charge is 0.512 e. The Bertz CT molecular complexity index is 1060. The molecule has 0 aromatic heterocycles. The van der Waals surface area contributed by atoms with Crippen LogP contribution in [0.4, 0.5) is 13.2 Å². The molecule has 0 saturated carbocycles. The fourth-order valence-corrected chi connectivity index (χ4v) is 6.96. The van der Waals surface area contributed by atoms with Crippen molar-refractivity contribution in [3.63, 3.8) is 0 Å². The zero-order valence-corrected chi connectivity index (χ0v) is 27.0. The molecule has 0 saturated heterocycles. The van der Waals surface area contributed by atoms with Gasteiger partial charge in [-0.05, 0) is 70.7 Å². The van der Waals surface area contributed by atoms with Gasteiger partial charge in [-0.15, -0.1) is 0 Å². The van der Waals surface area contributed by atoms with Crippen molar-refractivity contribution in [2.24, 2.45) is 5.92 Å². The summed E-state index contributed by atoms with van der Waals surface area (Å²) in [6, 6.07) is 14.0. The van der Waals surface area contributed by atoms with E-state index in [1.165, 1.54) is 12.1 Å². The van der Waals surface area contributed by atoms with Gasteiger partial charge in [-0.1, -0.05) is 56.3 Å². The maximum atomic E-state index is 13.3. The molecule has 0 aliphatic rings. The number of esters is 1. The minimum absolute atomic E-state index is 0.0323. The Morgan fingerprint density at radius 3 is 1.79 bits per heavy atom. The Balaban J connectivity index is 2.39. The number of alkyl halides is 3. The Morgan fingerprint density at radius 2 is 1.36 bits per heavy atom. The van der Waals surface area contributed by atoms with E-state index in [1.807, 2.05) is 85.7 Å². The highest BCUT2D eigenvalue weighted by Gasteiger charge is 2.44. The van der Waals surface area contributed by atoms with Gasteiger partial charge in [0.1, 0.15) is 18.8 Å². The first kappa shape index (κ1) is 35.9. The summed E-state index contributed by atoms with van der Waals surface area (Å²) in [4.78, 5) is 19.7. The van der Waals surface area contributed by atoms with Crippen molar-refractivity contribution in [3.8, 4) is 0 Å². The average molecular weight is 614 g/mol. The number of hydroxylamine groups is 2. The van der Waals surface area contributed by atoms with Crippen LogP contribution in [-0.2, 0) is 33.8 Å². The molecule has 11 heteroatoms. The molecule has 0 heterocycles. The van der Waals surface area contributed by atoms with Crippen molar-refractivity contribution in [3.05, 3.63) is 71.3 Å². The Labute approximate surface area is 249 Å². The van der Waals surface area contributed by atoms with E-state index < -0.39 is 44.2 Å².